The van der Waals surface area contributed by atoms with Crippen LogP contribution in [-0.2, 0) is 0 Å². The molecule has 1 amide bonds. The van der Waals surface area contributed by atoms with Crippen molar-refractivity contribution in [1.82, 2.24) is 10.3 Å². The molecule has 2 heterocycles. The smallest absolute Gasteiger partial charge is 0.256 e. The van der Waals surface area contributed by atoms with E-state index in [1.165, 1.54) is 17.5 Å². The fourth-order valence-electron chi connectivity index (χ4n) is 1.44. The Kier molecular flexibility index (Phi) is 3.55. The van der Waals surface area contributed by atoms with Gasteiger partial charge in [0.15, 0.2) is 6.04 Å². The topological polar surface area (TPSA) is 91.8 Å². The summed E-state index contributed by atoms with van der Waals surface area (Å²) in [6.45, 7) is 0. The van der Waals surface area contributed by atoms with Crippen molar-refractivity contribution in [2.75, 3.05) is 5.73 Å². The van der Waals surface area contributed by atoms with Crippen molar-refractivity contribution in [3.8, 4) is 6.07 Å². The highest BCUT2D eigenvalue weighted by atomic mass is 32.1. The van der Waals surface area contributed by atoms with E-state index < -0.39 is 11.9 Å². The molecule has 2 aromatic heterocycles. The van der Waals surface area contributed by atoms with Gasteiger partial charge in [-0.15, -0.1) is 11.3 Å². The first kappa shape index (κ1) is 12.1. The zero-order valence-corrected chi connectivity index (χ0v) is 10.1. The fourth-order valence-corrected chi connectivity index (χ4v) is 2.16. The molecule has 0 aliphatic rings. The molecule has 0 radical (unpaired) electrons. The summed E-state index contributed by atoms with van der Waals surface area (Å²) in [5.74, 6) is -0.251. The van der Waals surface area contributed by atoms with Crippen molar-refractivity contribution in [2.24, 2.45) is 0 Å². The second-order valence-corrected chi connectivity index (χ2v) is 4.47. The van der Waals surface area contributed by atoms with Gasteiger partial charge in [-0.05, 0) is 23.6 Å². The van der Waals surface area contributed by atoms with Crippen molar-refractivity contribution in [3.05, 3.63) is 46.3 Å². The number of amides is 1. The Morgan fingerprint density at radius 2 is 2.33 bits per heavy atom. The summed E-state index contributed by atoms with van der Waals surface area (Å²) < 4.78 is 0. The van der Waals surface area contributed by atoms with Crippen molar-refractivity contribution < 1.29 is 4.79 Å². The monoisotopic (exact) mass is 258 g/mol. The standard InChI is InChI=1S/C12H10N4OS/c13-7-9(10-4-2-6-18-10)16-12(17)8-3-1-5-15-11(8)14/h1-6,9H,(H2,14,15)(H,16,17). The molecule has 1 unspecified atom stereocenters. The van der Waals surface area contributed by atoms with Gasteiger partial charge in [0.2, 0.25) is 0 Å². The molecular weight excluding hydrogens is 248 g/mol. The van der Waals surface area contributed by atoms with Crippen LogP contribution in [0.25, 0.3) is 0 Å². The average molecular weight is 258 g/mol. The molecule has 2 rings (SSSR count). The van der Waals surface area contributed by atoms with Gasteiger partial charge in [-0.2, -0.15) is 5.26 Å². The number of hydrogen-bond acceptors (Lipinski definition) is 5. The molecule has 0 fully saturated rings. The largest absolute Gasteiger partial charge is 0.383 e. The van der Waals surface area contributed by atoms with Crippen LogP contribution in [0.15, 0.2) is 35.8 Å². The first-order valence-electron chi connectivity index (χ1n) is 5.16. The minimum absolute atomic E-state index is 0.151. The number of nitrogens with two attached hydrogens (primary N) is 1. The van der Waals surface area contributed by atoms with Crippen LogP contribution < -0.4 is 11.1 Å². The van der Waals surface area contributed by atoms with E-state index in [0.717, 1.165) is 4.88 Å². The van der Waals surface area contributed by atoms with Crippen molar-refractivity contribution in [3.63, 3.8) is 0 Å². The normalized spacial score (nSPS) is 11.5. The molecule has 0 saturated carbocycles. The van der Waals surface area contributed by atoms with E-state index in [-0.39, 0.29) is 11.4 Å². The number of aromatic nitrogens is 1. The molecule has 3 N–H and O–H groups in total. The van der Waals surface area contributed by atoms with E-state index >= 15 is 0 Å². The summed E-state index contributed by atoms with van der Waals surface area (Å²) in [4.78, 5) is 16.6. The number of anilines is 1. The number of nitriles is 1. The molecular formula is C12H10N4OS. The lowest BCUT2D eigenvalue weighted by Crippen LogP contribution is -2.28. The maximum absolute atomic E-state index is 12.0. The highest BCUT2D eigenvalue weighted by molar-refractivity contribution is 7.10. The van der Waals surface area contributed by atoms with Gasteiger partial charge in [0.25, 0.3) is 5.91 Å². The highest BCUT2D eigenvalue weighted by Crippen LogP contribution is 2.19. The molecule has 0 bridgehead atoms. The van der Waals surface area contributed by atoms with E-state index in [1.807, 2.05) is 17.5 Å². The number of thiophene rings is 1. The molecule has 2 aromatic rings. The van der Waals surface area contributed by atoms with Gasteiger partial charge in [0, 0.05) is 11.1 Å². The lowest BCUT2D eigenvalue weighted by molar-refractivity contribution is 0.0946. The number of nitrogen functional groups attached to an aromatic ring is 1. The highest BCUT2D eigenvalue weighted by Gasteiger charge is 2.17. The maximum Gasteiger partial charge on any atom is 0.256 e. The first-order valence-corrected chi connectivity index (χ1v) is 6.04. The predicted octanol–water partition coefficient (Wildman–Crippen LogP) is 1.72. The molecule has 0 aromatic carbocycles. The van der Waals surface area contributed by atoms with Crippen LogP contribution in [0.1, 0.15) is 21.3 Å². The predicted molar refractivity (Wildman–Crippen MR) is 68.8 cm³/mol. The van der Waals surface area contributed by atoms with E-state index in [0.29, 0.717) is 0 Å². The molecule has 6 heteroatoms. The van der Waals surface area contributed by atoms with Gasteiger partial charge in [0.1, 0.15) is 5.82 Å². The second-order valence-electron chi connectivity index (χ2n) is 3.49. The molecule has 0 saturated heterocycles. The Morgan fingerprint density at radius 3 is 2.94 bits per heavy atom. The van der Waals surface area contributed by atoms with Crippen molar-refractivity contribution in [1.29, 1.82) is 5.26 Å². The number of carbonyl (C=O) groups excluding carboxylic acids is 1. The quantitative estimate of drug-likeness (QED) is 0.876. The Hall–Kier alpha value is -2.39. The molecule has 0 aliphatic carbocycles. The molecule has 0 spiro atoms. The number of rotatable bonds is 3. The Bertz CT molecular complexity index is 588. The molecule has 1 atom stereocenters. The number of nitrogens with one attached hydrogen (secondary N) is 1. The second kappa shape index (κ2) is 5.29. The zero-order chi connectivity index (χ0) is 13.0. The lowest BCUT2D eigenvalue weighted by atomic mass is 10.2. The van der Waals surface area contributed by atoms with Gasteiger partial charge in [-0.1, -0.05) is 6.07 Å². The third kappa shape index (κ3) is 2.47. The number of carbonyl (C=O) groups is 1. The van der Waals surface area contributed by atoms with Crippen LogP contribution in [0.2, 0.25) is 0 Å². The number of pyridine rings is 1. The Morgan fingerprint density at radius 1 is 1.50 bits per heavy atom. The van der Waals surface area contributed by atoms with Crippen molar-refractivity contribution in [2.45, 2.75) is 6.04 Å². The summed E-state index contributed by atoms with van der Waals surface area (Å²) in [5, 5.41) is 13.5. The minimum atomic E-state index is -0.669. The lowest BCUT2D eigenvalue weighted by Gasteiger charge is -2.10. The van der Waals surface area contributed by atoms with Crippen LogP contribution in [0, 0.1) is 11.3 Å². The van der Waals surface area contributed by atoms with E-state index in [1.54, 1.807) is 18.2 Å². The first-order chi connectivity index (χ1) is 8.72. The van der Waals surface area contributed by atoms with Crippen molar-refractivity contribution >= 4 is 23.1 Å². The molecule has 5 nitrogen and oxygen atoms in total. The third-order valence-electron chi connectivity index (χ3n) is 2.32. The summed E-state index contributed by atoms with van der Waals surface area (Å²) in [7, 11) is 0. The van der Waals surface area contributed by atoms with Gasteiger partial charge in [-0.3, -0.25) is 4.79 Å². The summed E-state index contributed by atoms with van der Waals surface area (Å²) >= 11 is 1.41. The average Bonchev–Trinajstić information content (AvgIpc) is 2.90. The minimum Gasteiger partial charge on any atom is -0.383 e. The molecule has 90 valence electrons. The van der Waals surface area contributed by atoms with Crippen LogP contribution >= 0.6 is 11.3 Å². The number of hydrogen-bond donors (Lipinski definition) is 2. The maximum atomic E-state index is 12.0. The van der Waals surface area contributed by atoms with Crippen LogP contribution in [0.4, 0.5) is 5.82 Å². The Labute approximate surface area is 108 Å². The van der Waals surface area contributed by atoms with Gasteiger partial charge < -0.3 is 11.1 Å². The van der Waals surface area contributed by atoms with E-state index in [9.17, 15) is 4.79 Å². The van der Waals surface area contributed by atoms with Crippen LogP contribution in [-0.4, -0.2) is 10.9 Å². The summed E-state index contributed by atoms with van der Waals surface area (Å²) in [5.41, 5.74) is 5.88. The van der Waals surface area contributed by atoms with Gasteiger partial charge >= 0.3 is 0 Å². The molecule has 0 aliphatic heterocycles. The third-order valence-corrected chi connectivity index (χ3v) is 3.25. The fraction of sp³-hybridized carbons (Fsp3) is 0.0833. The van der Waals surface area contributed by atoms with Gasteiger partial charge in [-0.25, -0.2) is 4.98 Å². The Balaban J connectivity index is 2.17. The van der Waals surface area contributed by atoms with Crippen LogP contribution in [0.5, 0.6) is 0 Å². The van der Waals surface area contributed by atoms with E-state index in [2.05, 4.69) is 10.3 Å². The summed E-state index contributed by atoms with van der Waals surface area (Å²) in [6.07, 6.45) is 1.51. The SMILES string of the molecule is N#CC(NC(=O)c1cccnc1N)c1cccs1. The van der Waals surface area contributed by atoms with Crippen LogP contribution in [0.3, 0.4) is 0 Å². The van der Waals surface area contributed by atoms with E-state index in [4.69, 9.17) is 11.0 Å². The van der Waals surface area contributed by atoms with Gasteiger partial charge in [0.05, 0.1) is 11.6 Å². The molecule has 18 heavy (non-hydrogen) atoms. The summed E-state index contributed by atoms with van der Waals surface area (Å²) in [6, 6.07) is 8.19. The zero-order valence-electron chi connectivity index (χ0n) is 9.33. The number of nitrogens with zero attached hydrogens (tertiary/aromatic N) is 2.